The first-order valence-corrected chi connectivity index (χ1v) is 7.77. The maximum absolute atomic E-state index is 2.43. The Morgan fingerprint density at radius 3 is 2.00 bits per heavy atom. The molecule has 2 unspecified atom stereocenters. The molecule has 0 spiro atoms. The molecule has 1 fully saturated rings. The third-order valence-corrected chi connectivity index (χ3v) is 6.49. The lowest BCUT2D eigenvalue weighted by Crippen LogP contribution is -2.09. The summed E-state index contributed by atoms with van der Waals surface area (Å²) in [5, 5.41) is 1.62. The van der Waals surface area contributed by atoms with E-state index in [1.54, 1.807) is 5.30 Å². The second kappa shape index (κ2) is 5.12. The van der Waals surface area contributed by atoms with Crippen LogP contribution in [0, 0.1) is 11.8 Å². The first-order valence-electron chi connectivity index (χ1n) is 6.05. The molecule has 1 aliphatic rings. The summed E-state index contributed by atoms with van der Waals surface area (Å²) in [5.41, 5.74) is 0. The van der Waals surface area contributed by atoms with Crippen molar-refractivity contribution < 1.29 is 0 Å². The van der Waals surface area contributed by atoms with Crippen LogP contribution in [-0.4, -0.2) is 12.3 Å². The summed E-state index contributed by atoms with van der Waals surface area (Å²) in [6, 6.07) is 11.2. The fourth-order valence-corrected chi connectivity index (χ4v) is 5.46. The van der Waals surface area contributed by atoms with Crippen LogP contribution >= 0.6 is 7.92 Å². The van der Waals surface area contributed by atoms with Crippen molar-refractivity contribution in [2.45, 2.75) is 26.7 Å². The highest BCUT2D eigenvalue weighted by atomic mass is 31.1. The first kappa shape index (κ1) is 11.1. The lowest BCUT2D eigenvalue weighted by Gasteiger charge is -2.19. The van der Waals surface area contributed by atoms with Crippen molar-refractivity contribution in [2.75, 3.05) is 12.3 Å². The number of hydrogen-bond acceptors (Lipinski definition) is 0. The van der Waals surface area contributed by atoms with Crippen LogP contribution in [0.15, 0.2) is 30.3 Å². The monoisotopic (exact) mass is 220 g/mol. The van der Waals surface area contributed by atoms with Crippen LogP contribution in [0.25, 0.3) is 0 Å². The fraction of sp³-hybridized carbons (Fsp3) is 0.571. The van der Waals surface area contributed by atoms with Crippen LogP contribution in [0.2, 0.25) is 0 Å². The Bertz CT molecular complexity index is 281. The Hall–Kier alpha value is -0.350. The molecule has 0 bridgehead atoms. The van der Waals surface area contributed by atoms with E-state index in [1.165, 1.54) is 25.2 Å². The molecule has 0 aliphatic carbocycles. The summed E-state index contributed by atoms with van der Waals surface area (Å²) in [7, 11) is 0.128. The minimum atomic E-state index is 0.128. The van der Waals surface area contributed by atoms with E-state index in [0.29, 0.717) is 0 Å². The van der Waals surface area contributed by atoms with E-state index in [4.69, 9.17) is 0 Å². The Morgan fingerprint density at radius 1 is 0.933 bits per heavy atom. The summed E-state index contributed by atoms with van der Waals surface area (Å²) < 4.78 is 0. The molecule has 1 heterocycles. The number of hydrogen-bond donors (Lipinski definition) is 0. The first-order chi connectivity index (χ1) is 7.25. The van der Waals surface area contributed by atoms with Crippen molar-refractivity contribution in [1.29, 1.82) is 0 Å². The molecule has 1 saturated heterocycles. The van der Waals surface area contributed by atoms with Crippen molar-refractivity contribution >= 4 is 13.2 Å². The standard InChI is InChI=1S/C14H21P/c1-12-8-9-13(2)11-15(10-12)14-6-4-3-5-7-14/h3-7,12-13H,8-11H2,1-2H3. The van der Waals surface area contributed by atoms with E-state index in [9.17, 15) is 0 Å². The van der Waals surface area contributed by atoms with Gasteiger partial charge in [0.2, 0.25) is 0 Å². The van der Waals surface area contributed by atoms with E-state index < -0.39 is 0 Å². The molecule has 1 aliphatic heterocycles. The molecule has 82 valence electrons. The molecule has 0 nitrogen and oxygen atoms in total. The minimum Gasteiger partial charge on any atom is -0.0748 e. The topological polar surface area (TPSA) is 0 Å². The van der Waals surface area contributed by atoms with Crippen LogP contribution in [0.5, 0.6) is 0 Å². The molecule has 15 heavy (non-hydrogen) atoms. The Kier molecular flexibility index (Phi) is 3.81. The largest absolute Gasteiger partial charge is 0.0748 e. The van der Waals surface area contributed by atoms with E-state index in [-0.39, 0.29) is 7.92 Å². The Labute approximate surface area is 94.8 Å². The third-order valence-electron chi connectivity index (χ3n) is 3.34. The van der Waals surface area contributed by atoms with Crippen molar-refractivity contribution in [3.63, 3.8) is 0 Å². The highest BCUT2D eigenvalue weighted by Gasteiger charge is 2.21. The molecule has 0 amide bonds. The zero-order chi connectivity index (χ0) is 10.7. The van der Waals surface area contributed by atoms with Gasteiger partial charge >= 0.3 is 0 Å². The second-order valence-corrected chi connectivity index (χ2v) is 7.35. The van der Waals surface area contributed by atoms with E-state index in [2.05, 4.69) is 44.2 Å². The summed E-state index contributed by atoms with van der Waals surface area (Å²) in [5.74, 6) is 1.86. The van der Waals surface area contributed by atoms with Crippen molar-refractivity contribution in [2.24, 2.45) is 11.8 Å². The van der Waals surface area contributed by atoms with E-state index >= 15 is 0 Å². The molecule has 1 aromatic rings. The van der Waals surface area contributed by atoms with Gasteiger partial charge in [0.05, 0.1) is 0 Å². The van der Waals surface area contributed by atoms with Crippen LogP contribution < -0.4 is 5.30 Å². The smallest absolute Gasteiger partial charge is 0.0240 e. The molecular weight excluding hydrogens is 199 g/mol. The van der Waals surface area contributed by atoms with Crippen molar-refractivity contribution in [1.82, 2.24) is 0 Å². The van der Waals surface area contributed by atoms with Gasteiger partial charge < -0.3 is 0 Å². The minimum absolute atomic E-state index is 0.128. The zero-order valence-electron chi connectivity index (χ0n) is 9.82. The fourth-order valence-electron chi connectivity index (χ4n) is 2.43. The molecule has 2 atom stereocenters. The SMILES string of the molecule is CC1CCC(C)CP(c2ccccc2)C1. The van der Waals surface area contributed by atoms with Crippen molar-refractivity contribution in [3.8, 4) is 0 Å². The summed E-state index contributed by atoms with van der Waals surface area (Å²) in [6.45, 7) is 4.85. The predicted octanol–water partition coefficient (Wildman–Crippen LogP) is 3.86. The van der Waals surface area contributed by atoms with E-state index in [1.807, 2.05) is 0 Å². The van der Waals surface area contributed by atoms with Gasteiger partial charge in [0.1, 0.15) is 0 Å². The van der Waals surface area contributed by atoms with Crippen LogP contribution in [0.3, 0.4) is 0 Å². The lowest BCUT2D eigenvalue weighted by atomic mass is 10.0. The zero-order valence-corrected chi connectivity index (χ0v) is 10.7. The molecule has 1 heteroatoms. The molecule has 1 aromatic carbocycles. The van der Waals surface area contributed by atoms with Gasteiger partial charge in [0, 0.05) is 0 Å². The molecule has 0 saturated carbocycles. The van der Waals surface area contributed by atoms with Gasteiger partial charge in [0.25, 0.3) is 0 Å². The number of rotatable bonds is 1. The Balaban J connectivity index is 2.13. The van der Waals surface area contributed by atoms with Crippen LogP contribution in [-0.2, 0) is 0 Å². The second-order valence-electron chi connectivity index (χ2n) is 5.03. The number of benzene rings is 1. The molecule has 0 N–H and O–H groups in total. The quantitative estimate of drug-likeness (QED) is 0.630. The van der Waals surface area contributed by atoms with Gasteiger partial charge in [-0.15, -0.1) is 0 Å². The highest BCUT2D eigenvalue weighted by Crippen LogP contribution is 2.43. The van der Waals surface area contributed by atoms with Gasteiger partial charge in [-0.3, -0.25) is 0 Å². The average Bonchev–Trinajstić information content (AvgIpc) is 2.42. The highest BCUT2D eigenvalue weighted by molar-refractivity contribution is 7.65. The van der Waals surface area contributed by atoms with Gasteiger partial charge in [-0.1, -0.05) is 64.9 Å². The summed E-state index contributed by atoms with van der Waals surface area (Å²) >= 11 is 0. The van der Waals surface area contributed by atoms with Crippen LogP contribution in [0.1, 0.15) is 26.7 Å². The molecular formula is C14H21P. The van der Waals surface area contributed by atoms with Gasteiger partial charge in [-0.05, 0) is 29.5 Å². The van der Waals surface area contributed by atoms with Crippen molar-refractivity contribution in [3.05, 3.63) is 30.3 Å². The predicted molar refractivity (Wildman–Crippen MR) is 70.3 cm³/mol. The van der Waals surface area contributed by atoms with E-state index in [0.717, 1.165) is 11.8 Å². The normalized spacial score (nSPS) is 32.3. The molecule has 0 aromatic heterocycles. The van der Waals surface area contributed by atoms with Crippen LogP contribution in [0.4, 0.5) is 0 Å². The molecule has 0 radical (unpaired) electrons. The lowest BCUT2D eigenvalue weighted by molar-refractivity contribution is 0.498. The average molecular weight is 220 g/mol. The maximum atomic E-state index is 2.43. The Morgan fingerprint density at radius 2 is 1.47 bits per heavy atom. The van der Waals surface area contributed by atoms with Gasteiger partial charge in [-0.25, -0.2) is 0 Å². The van der Waals surface area contributed by atoms with Gasteiger partial charge in [-0.2, -0.15) is 0 Å². The summed E-state index contributed by atoms with van der Waals surface area (Å²) in [6.07, 6.45) is 5.77. The molecule has 2 rings (SSSR count). The third kappa shape index (κ3) is 3.05. The van der Waals surface area contributed by atoms with Gasteiger partial charge in [0.15, 0.2) is 0 Å². The maximum Gasteiger partial charge on any atom is -0.0240 e. The summed E-state index contributed by atoms with van der Waals surface area (Å²) in [4.78, 5) is 0.